The number of nitrogens with one attached hydrogen (secondary N) is 3. The lowest BCUT2D eigenvalue weighted by Gasteiger charge is -2.14. The lowest BCUT2D eigenvalue weighted by molar-refractivity contribution is 0.0950. The fraction of sp³-hybridized carbons (Fsp3) is 0.348. The molecule has 160 valence electrons. The van der Waals surface area contributed by atoms with E-state index < -0.39 is 0 Å². The van der Waals surface area contributed by atoms with Gasteiger partial charge in [0.05, 0.1) is 12.2 Å². The number of hydrogen-bond acceptors (Lipinski definition) is 4. The van der Waals surface area contributed by atoms with Crippen LogP contribution in [-0.4, -0.2) is 30.1 Å². The van der Waals surface area contributed by atoms with Crippen LogP contribution < -0.4 is 20.7 Å². The summed E-state index contributed by atoms with van der Waals surface area (Å²) in [6.07, 6.45) is 1.79. The number of hydrogen-bond donors (Lipinski definition) is 3. The number of rotatable bonds is 9. The molecule has 0 heterocycles. The minimum absolute atomic E-state index is 0.117. The van der Waals surface area contributed by atoms with E-state index >= 15 is 0 Å². The number of thiocarbonyl (C=S) groups is 1. The number of carbonyl (C=O) groups is 2. The Kier molecular flexibility index (Phi) is 9.28. The van der Waals surface area contributed by atoms with Crippen molar-refractivity contribution < 1.29 is 14.3 Å². The Morgan fingerprint density at radius 3 is 2.40 bits per heavy atom. The maximum Gasteiger partial charge on any atom is 0.261 e. The third-order valence-corrected chi connectivity index (χ3v) is 4.46. The van der Waals surface area contributed by atoms with Crippen LogP contribution >= 0.6 is 12.2 Å². The van der Waals surface area contributed by atoms with E-state index in [4.69, 9.17) is 17.0 Å². The fourth-order valence-electron chi connectivity index (χ4n) is 2.56. The Morgan fingerprint density at radius 2 is 1.73 bits per heavy atom. The van der Waals surface area contributed by atoms with Crippen molar-refractivity contribution in [2.75, 3.05) is 18.5 Å². The van der Waals surface area contributed by atoms with E-state index in [2.05, 4.69) is 29.8 Å². The third kappa shape index (κ3) is 7.48. The van der Waals surface area contributed by atoms with Crippen LogP contribution in [0.3, 0.4) is 0 Å². The number of ether oxygens (including phenoxy) is 1. The van der Waals surface area contributed by atoms with Gasteiger partial charge in [0.15, 0.2) is 5.11 Å². The zero-order valence-corrected chi connectivity index (χ0v) is 18.5. The van der Waals surface area contributed by atoms with Gasteiger partial charge < -0.3 is 15.4 Å². The largest absolute Gasteiger partial charge is 0.493 e. The van der Waals surface area contributed by atoms with E-state index in [1.807, 2.05) is 13.0 Å². The van der Waals surface area contributed by atoms with Crippen LogP contribution in [0.2, 0.25) is 0 Å². The average Bonchev–Trinajstić information content (AvgIpc) is 2.72. The molecule has 2 aromatic carbocycles. The molecular weight excluding hydrogens is 398 g/mol. The Bertz CT molecular complexity index is 866. The van der Waals surface area contributed by atoms with Crippen molar-refractivity contribution in [3.63, 3.8) is 0 Å². The predicted molar refractivity (Wildman–Crippen MR) is 124 cm³/mol. The van der Waals surface area contributed by atoms with Gasteiger partial charge in [0.25, 0.3) is 11.8 Å². The molecule has 3 N–H and O–H groups in total. The molecule has 0 fully saturated rings. The lowest BCUT2D eigenvalue weighted by atomic mass is 10.1. The highest BCUT2D eigenvalue weighted by molar-refractivity contribution is 7.80. The maximum atomic E-state index is 12.6. The monoisotopic (exact) mass is 427 g/mol. The highest BCUT2D eigenvalue weighted by Gasteiger charge is 2.14. The summed E-state index contributed by atoms with van der Waals surface area (Å²) >= 11 is 5.26. The second-order valence-electron chi connectivity index (χ2n) is 7.27. The summed E-state index contributed by atoms with van der Waals surface area (Å²) in [5.74, 6) is 0.587. The van der Waals surface area contributed by atoms with Crippen LogP contribution in [-0.2, 0) is 0 Å². The molecule has 7 heteroatoms. The van der Waals surface area contributed by atoms with Gasteiger partial charge in [-0.2, -0.15) is 0 Å². The van der Waals surface area contributed by atoms with Gasteiger partial charge in [-0.1, -0.05) is 32.9 Å². The van der Waals surface area contributed by atoms with Crippen molar-refractivity contribution in [2.45, 2.75) is 33.6 Å². The summed E-state index contributed by atoms with van der Waals surface area (Å²) in [5, 5.41) is 8.62. The Hall–Kier alpha value is -2.93. The molecule has 0 atom stereocenters. The first kappa shape index (κ1) is 23.3. The molecule has 6 nitrogen and oxygen atoms in total. The fourth-order valence-corrected chi connectivity index (χ4v) is 2.77. The van der Waals surface area contributed by atoms with Crippen molar-refractivity contribution in [1.29, 1.82) is 0 Å². The normalized spacial score (nSPS) is 10.4. The molecule has 0 aromatic heterocycles. The minimum atomic E-state index is -0.344. The summed E-state index contributed by atoms with van der Waals surface area (Å²) in [6, 6.07) is 14.0. The summed E-state index contributed by atoms with van der Waals surface area (Å²) in [7, 11) is 0. The molecule has 0 aliphatic heterocycles. The molecule has 30 heavy (non-hydrogen) atoms. The molecule has 2 rings (SSSR count). The van der Waals surface area contributed by atoms with Gasteiger partial charge in [0, 0.05) is 17.8 Å². The molecule has 0 aliphatic rings. The van der Waals surface area contributed by atoms with Gasteiger partial charge >= 0.3 is 0 Å². The molecular formula is C23H29N3O3S. The third-order valence-electron chi connectivity index (χ3n) is 4.25. The molecule has 0 aliphatic carbocycles. The van der Waals surface area contributed by atoms with E-state index in [0.717, 1.165) is 12.8 Å². The number of carbonyl (C=O) groups excluding carboxylic acids is 2. The van der Waals surface area contributed by atoms with E-state index in [1.54, 1.807) is 42.5 Å². The molecule has 0 spiro atoms. The molecule has 0 bridgehead atoms. The maximum absolute atomic E-state index is 12.6. The van der Waals surface area contributed by atoms with Crippen molar-refractivity contribution in [2.24, 2.45) is 5.92 Å². The molecule has 0 unspecified atom stereocenters. The highest BCUT2D eigenvalue weighted by Crippen LogP contribution is 2.19. The number of benzene rings is 2. The van der Waals surface area contributed by atoms with Gasteiger partial charge in [-0.05, 0) is 67.4 Å². The second kappa shape index (κ2) is 11.9. The van der Waals surface area contributed by atoms with E-state index in [9.17, 15) is 9.59 Å². The predicted octanol–water partition coefficient (Wildman–Crippen LogP) is 4.38. The molecule has 2 amide bonds. The highest BCUT2D eigenvalue weighted by atomic mass is 32.1. The van der Waals surface area contributed by atoms with Gasteiger partial charge in [0.2, 0.25) is 0 Å². The van der Waals surface area contributed by atoms with Crippen molar-refractivity contribution in [3.05, 3.63) is 59.7 Å². The standard InChI is InChI=1S/C23H29N3O3S/c1-4-14-24-21(27)17-9-11-18(12-10-17)25-23(30)26-22(28)19-7-5-6-8-20(19)29-15-13-16(2)3/h5-12,16H,4,13-15H2,1-3H3,(H,24,27)(H2,25,26,28,30). The minimum Gasteiger partial charge on any atom is -0.493 e. The smallest absolute Gasteiger partial charge is 0.261 e. The van der Waals surface area contributed by atoms with E-state index in [-0.39, 0.29) is 16.9 Å². The lowest BCUT2D eigenvalue weighted by Crippen LogP contribution is -2.34. The average molecular weight is 428 g/mol. The molecule has 0 radical (unpaired) electrons. The number of amides is 2. The first-order chi connectivity index (χ1) is 14.4. The first-order valence-corrected chi connectivity index (χ1v) is 10.5. The molecule has 2 aromatic rings. The summed E-state index contributed by atoms with van der Waals surface area (Å²) < 4.78 is 5.77. The van der Waals surface area contributed by atoms with Crippen LogP contribution in [0.5, 0.6) is 5.75 Å². The SMILES string of the molecule is CCCNC(=O)c1ccc(NC(=S)NC(=O)c2ccccc2OCCC(C)C)cc1. The van der Waals surface area contributed by atoms with Crippen molar-refractivity contribution in [3.8, 4) is 5.75 Å². The second-order valence-corrected chi connectivity index (χ2v) is 7.68. The van der Waals surface area contributed by atoms with E-state index in [0.29, 0.717) is 41.6 Å². The summed E-state index contributed by atoms with van der Waals surface area (Å²) in [4.78, 5) is 24.6. The zero-order valence-electron chi connectivity index (χ0n) is 17.7. The Balaban J connectivity index is 1.93. The van der Waals surface area contributed by atoms with Gasteiger partial charge in [-0.25, -0.2) is 0 Å². The van der Waals surface area contributed by atoms with E-state index in [1.165, 1.54) is 0 Å². The Morgan fingerprint density at radius 1 is 1.03 bits per heavy atom. The topological polar surface area (TPSA) is 79.5 Å². The first-order valence-electron chi connectivity index (χ1n) is 10.1. The van der Waals surface area contributed by atoms with Crippen LogP contribution in [0.25, 0.3) is 0 Å². The molecule has 0 saturated carbocycles. The number of para-hydroxylation sites is 1. The van der Waals surface area contributed by atoms with Gasteiger partial charge in [0.1, 0.15) is 5.75 Å². The summed E-state index contributed by atoms with van der Waals surface area (Å²) in [5.41, 5.74) is 1.67. The zero-order chi connectivity index (χ0) is 21.9. The van der Waals surface area contributed by atoms with Crippen LogP contribution in [0.15, 0.2) is 48.5 Å². The quantitative estimate of drug-likeness (QED) is 0.518. The molecule has 0 saturated heterocycles. The van der Waals surface area contributed by atoms with Crippen LogP contribution in [0.4, 0.5) is 5.69 Å². The number of anilines is 1. The van der Waals surface area contributed by atoms with Crippen molar-refractivity contribution >= 4 is 34.8 Å². The van der Waals surface area contributed by atoms with Crippen molar-refractivity contribution in [1.82, 2.24) is 10.6 Å². The van der Waals surface area contributed by atoms with Crippen LogP contribution in [0, 0.1) is 5.92 Å². The Labute approximate surface area is 183 Å². The van der Waals surface area contributed by atoms with Gasteiger partial charge in [-0.15, -0.1) is 0 Å². The van der Waals surface area contributed by atoms with Crippen LogP contribution in [0.1, 0.15) is 54.3 Å². The van der Waals surface area contributed by atoms with Gasteiger partial charge in [-0.3, -0.25) is 14.9 Å². The summed E-state index contributed by atoms with van der Waals surface area (Å²) in [6.45, 7) is 7.42.